The third-order valence-electron chi connectivity index (χ3n) is 3.34. The normalized spacial score (nSPS) is 13.1. The molecular formula is C18H23NO. The van der Waals surface area contributed by atoms with E-state index in [1.54, 1.807) is 0 Å². The molecule has 0 heterocycles. The van der Waals surface area contributed by atoms with Gasteiger partial charge in [-0.05, 0) is 36.1 Å². The third-order valence-corrected chi connectivity index (χ3v) is 3.34. The average molecular weight is 269 g/mol. The Balaban J connectivity index is 2.31. The van der Waals surface area contributed by atoms with Crippen LogP contribution < -0.4 is 10.5 Å². The van der Waals surface area contributed by atoms with Crippen LogP contribution in [0.3, 0.4) is 0 Å². The summed E-state index contributed by atoms with van der Waals surface area (Å²) in [6, 6.07) is 16.1. The highest BCUT2D eigenvalue weighted by Gasteiger charge is 2.15. The van der Waals surface area contributed by atoms with Gasteiger partial charge in [0.1, 0.15) is 11.5 Å². The van der Waals surface area contributed by atoms with Gasteiger partial charge in [-0.2, -0.15) is 0 Å². The van der Waals surface area contributed by atoms with Crippen molar-refractivity contribution in [1.29, 1.82) is 0 Å². The van der Waals surface area contributed by atoms with Gasteiger partial charge < -0.3 is 10.5 Å². The van der Waals surface area contributed by atoms with E-state index in [1.807, 2.05) is 43.3 Å². The van der Waals surface area contributed by atoms with E-state index in [1.165, 1.54) is 5.56 Å². The van der Waals surface area contributed by atoms with E-state index in [0.29, 0.717) is 0 Å². The number of rotatable bonds is 3. The minimum absolute atomic E-state index is 0.0444. The van der Waals surface area contributed by atoms with Gasteiger partial charge in [-0.3, -0.25) is 0 Å². The zero-order chi connectivity index (χ0) is 14.8. The molecule has 0 aliphatic rings. The third kappa shape index (κ3) is 3.40. The molecule has 106 valence electrons. The number of ether oxygens (including phenoxy) is 1. The Hall–Kier alpha value is -1.80. The Morgan fingerprint density at radius 2 is 1.70 bits per heavy atom. The van der Waals surface area contributed by atoms with Crippen molar-refractivity contribution in [2.75, 3.05) is 0 Å². The monoisotopic (exact) mass is 269 g/mol. The zero-order valence-electron chi connectivity index (χ0n) is 12.7. The second-order valence-electron chi connectivity index (χ2n) is 6.21. The largest absolute Gasteiger partial charge is 0.457 e. The maximum atomic E-state index is 6.03. The molecule has 0 bridgehead atoms. The number of benzene rings is 2. The van der Waals surface area contributed by atoms with Gasteiger partial charge in [0.25, 0.3) is 0 Å². The smallest absolute Gasteiger partial charge is 0.132 e. The molecule has 2 aromatic carbocycles. The fourth-order valence-electron chi connectivity index (χ4n) is 2.10. The predicted octanol–water partition coefficient (Wildman–Crippen LogP) is 4.80. The Bertz CT molecular complexity index is 582. The van der Waals surface area contributed by atoms with Gasteiger partial charge >= 0.3 is 0 Å². The van der Waals surface area contributed by atoms with E-state index in [4.69, 9.17) is 10.5 Å². The first kappa shape index (κ1) is 14.6. The van der Waals surface area contributed by atoms with Crippen LogP contribution in [0, 0.1) is 0 Å². The molecule has 0 saturated carbocycles. The zero-order valence-corrected chi connectivity index (χ0v) is 12.7. The average Bonchev–Trinajstić information content (AvgIpc) is 2.38. The summed E-state index contributed by atoms with van der Waals surface area (Å²) >= 11 is 0. The quantitative estimate of drug-likeness (QED) is 0.869. The van der Waals surface area contributed by atoms with E-state index in [-0.39, 0.29) is 11.5 Å². The molecule has 20 heavy (non-hydrogen) atoms. The van der Waals surface area contributed by atoms with Crippen molar-refractivity contribution in [1.82, 2.24) is 0 Å². The molecule has 2 nitrogen and oxygen atoms in total. The van der Waals surface area contributed by atoms with Crippen molar-refractivity contribution in [3.63, 3.8) is 0 Å². The van der Waals surface area contributed by atoms with Crippen molar-refractivity contribution in [3.05, 3.63) is 59.7 Å². The van der Waals surface area contributed by atoms with Gasteiger partial charge in [-0.1, -0.05) is 51.1 Å². The summed E-state index contributed by atoms with van der Waals surface area (Å²) in [6.07, 6.45) is 0. The summed E-state index contributed by atoms with van der Waals surface area (Å²) in [4.78, 5) is 0. The predicted molar refractivity (Wildman–Crippen MR) is 84.3 cm³/mol. The van der Waals surface area contributed by atoms with Crippen LogP contribution in [-0.4, -0.2) is 0 Å². The SMILES string of the molecule is CC(N)c1ccccc1Oc1cccc(C(C)(C)C)c1. The van der Waals surface area contributed by atoms with Gasteiger partial charge in [-0.15, -0.1) is 0 Å². The molecule has 0 spiro atoms. The molecule has 0 aliphatic heterocycles. The van der Waals surface area contributed by atoms with E-state index in [9.17, 15) is 0 Å². The van der Waals surface area contributed by atoms with Gasteiger partial charge in [0.15, 0.2) is 0 Å². The Morgan fingerprint density at radius 1 is 1.00 bits per heavy atom. The summed E-state index contributed by atoms with van der Waals surface area (Å²) in [5, 5.41) is 0. The van der Waals surface area contributed by atoms with E-state index in [0.717, 1.165) is 17.1 Å². The van der Waals surface area contributed by atoms with Crippen LogP contribution in [-0.2, 0) is 5.41 Å². The van der Waals surface area contributed by atoms with Crippen molar-refractivity contribution < 1.29 is 4.74 Å². The van der Waals surface area contributed by atoms with Crippen LogP contribution in [0.1, 0.15) is 44.9 Å². The van der Waals surface area contributed by atoms with Crippen LogP contribution in [0.15, 0.2) is 48.5 Å². The maximum Gasteiger partial charge on any atom is 0.132 e. The molecule has 1 atom stereocenters. The highest BCUT2D eigenvalue weighted by Crippen LogP contribution is 2.31. The molecule has 0 saturated heterocycles. The molecular weight excluding hydrogens is 246 g/mol. The first-order chi connectivity index (χ1) is 9.38. The maximum absolute atomic E-state index is 6.03. The molecule has 1 unspecified atom stereocenters. The molecule has 2 N–H and O–H groups in total. The van der Waals surface area contributed by atoms with Gasteiger partial charge in [0.2, 0.25) is 0 Å². The molecule has 0 amide bonds. The number of hydrogen-bond acceptors (Lipinski definition) is 2. The molecule has 2 rings (SSSR count). The molecule has 0 fully saturated rings. The summed E-state index contributed by atoms with van der Waals surface area (Å²) in [5.41, 5.74) is 8.38. The van der Waals surface area contributed by atoms with Crippen LogP contribution >= 0.6 is 0 Å². The Kier molecular flexibility index (Phi) is 4.15. The summed E-state index contributed by atoms with van der Waals surface area (Å²) in [5.74, 6) is 1.68. The minimum atomic E-state index is -0.0444. The lowest BCUT2D eigenvalue weighted by Crippen LogP contribution is -2.11. The summed E-state index contributed by atoms with van der Waals surface area (Å²) in [7, 11) is 0. The standard InChI is InChI=1S/C18H23NO/c1-13(19)16-10-5-6-11-17(16)20-15-9-7-8-14(12-15)18(2,3)4/h5-13H,19H2,1-4H3. The second-order valence-corrected chi connectivity index (χ2v) is 6.21. The van der Waals surface area contributed by atoms with Crippen molar-refractivity contribution >= 4 is 0 Å². The van der Waals surface area contributed by atoms with E-state index >= 15 is 0 Å². The van der Waals surface area contributed by atoms with Crippen LogP contribution in [0.25, 0.3) is 0 Å². The Labute approximate surface area is 121 Å². The van der Waals surface area contributed by atoms with Crippen LogP contribution in [0.5, 0.6) is 11.5 Å². The minimum Gasteiger partial charge on any atom is -0.457 e. The van der Waals surface area contributed by atoms with Gasteiger partial charge in [-0.25, -0.2) is 0 Å². The van der Waals surface area contributed by atoms with Crippen LogP contribution in [0.2, 0.25) is 0 Å². The molecule has 0 radical (unpaired) electrons. The van der Waals surface area contributed by atoms with E-state index in [2.05, 4.69) is 32.9 Å². The lowest BCUT2D eigenvalue weighted by atomic mass is 9.87. The second kappa shape index (κ2) is 5.68. The van der Waals surface area contributed by atoms with Gasteiger partial charge in [0, 0.05) is 11.6 Å². The first-order valence-corrected chi connectivity index (χ1v) is 7.01. The number of nitrogens with two attached hydrogens (primary N) is 1. The fraction of sp³-hybridized carbons (Fsp3) is 0.333. The van der Waals surface area contributed by atoms with Crippen molar-refractivity contribution in [2.45, 2.75) is 39.2 Å². The molecule has 2 heteroatoms. The fourth-order valence-corrected chi connectivity index (χ4v) is 2.10. The number of para-hydroxylation sites is 1. The van der Waals surface area contributed by atoms with Gasteiger partial charge in [0.05, 0.1) is 0 Å². The van der Waals surface area contributed by atoms with Crippen LogP contribution in [0.4, 0.5) is 0 Å². The molecule has 0 aromatic heterocycles. The van der Waals surface area contributed by atoms with Crippen molar-refractivity contribution in [3.8, 4) is 11.5 Å². The topological polar surface area (TPSA) is 35.2 Å². The lowest BCUT2D eigenvalue weighted by molar-refractivity contribution is 0.468. The van der Waals surface area contributed by atoms with E-state index < -0.39 is 0 Å². The molecule has 2 aromatic rings. The summed E-state index contributed by atoms with van der Waals surface area (Å²) in [6.45, 7) is 8.56. The summed E-state index contributed by atoms with van der Waals surface area (Å²) < 4.78 is 6.03. The highest BCUT2D eigenvalue weighted by atomic mass is 16.5. The number of hydrogen-bond donors (Lipinski definition) is 1. The highest BCUT2D eigenvalue weighted by molar-refractivity contribution is 5.41. The Morgan fingerprint density at radius 3 is 2.35 bits per heavy atom. The molecule has 0 aliphatic carbocycles. The lowest BCUT2D eigenvalue weighted by Gasteiger charge is -2.20. The first-order valence-electron chi connectivity index (χ1n) is 7.01. The van der Waals surface area contributed by atoms with Crippen molar-refractivity contribution in [2.24, 2.45) is 5.73 Å².